The molecule has 2 aromatic heterocycles. The number of halogens is 4. The van der Waals surface area contributed by atoms with E-state index in [1.807, 2.05) is 42.5 Å². The second kappa shape index (κ2) is 8.80. The zero-order valence-corrected chi connectivity index (χ0v) is 19.7. The van der Waals surface area contributed by atoms with E-state index in [1.54, 1.807) is 12.1 Å². The molecule has 1 aliphatic heterocycles. The van der Waals surface area contributed by atoms with Crippen LogP contribution in [0.4, 0.5) is 13.2 Å². The Balaban J connectivity index is 1.38. The van der Waals surface area contributed by atoms with Gasteiger partial charge in [0.05, 0.1) is 35.0 Å². The van der Waals surface area contributed by atoms with Gasteiger partial charge in [-0.05, 0) is 30.0 Å². The van der Waals surface area contributed by atoms with Crippen molar-refractivity contribution in [1.29, 1.82) is 0 Å². The fraction of sp³-hybridized carbons (Fsp3) is 0.296. The van der Waals surface area contributed by atoms with Crippen molar-refractivity contribution in [2.45, 2.75) is 37.3 Å². The van der Waals surface area contributed by atoms with E-state index in [-0.39, 0.29) is 34.3 Å². The molecule has 4 atom stereocenters. The summed E-state index contributed by atoms with van der Waals surface area (Å²) in [6.07, 6.45) is -5.25. The Morgan fingerprint density at radius 3 is 2.42 bits per heavy atom. The van der Waals surface area contributed by atoms with Crippen molar-refractivity contribution in [3.63, 3.8) is 0 Å². The first-order chi connectivity index (χ1) is 17.3. The van der Waals surface area contributed by atoms with Gasteiger partial charge >= 0.3 is 6.18 Å². The maximum Gasteiger partial charge on any atom is 0.423 e. The number of nitrogens with zero attached hydrogens (tertiary/aromatic N) is 1. The van der Waals surface area contributed by atoms with Crippen LogP contribution in [0.3, 0.4) is 0 Å². The number of hydrogen-bond donors (Lipinski definition) is 2. The van der Waals surface area contributed by atoms with Gasteiger partial charge in [0, 0.05) is 11.5 Å². The molecular formula is C27H22ClF3N2O3. The highest BCUT2D eigenvalue weighted by Crippen LogP contribution is 2.45. The van der Waals surface area contributed by atoms with Gasteiger partial charge in [-0.1, -0.05) is 66.2 Å². The average molecular weight is 515 g/mol. The normalized spacial score (nSPS) is 23.8. The van der Waals surface area contributed by atoms with Crippen molar-refractivity contribution in [3.05, 3.63) is 71.2 Å². The number of nitrogens with one attached hydrogen (secondary N) is 1. The van der Waals surface area contributed by atoms with Crippen LogP contribution in [-0.4, -0.2) is 40.0 Å². The van der Waals surface area contributed by atoms with Crippen molar-refractivity contribution in [3.8, 4) is 28.3 Å². The summed E-state index contributed by atoms with van der Waals surface area (Å²) in [6, 6.07) is 18.6. The quantitative estimate of drug-likeness (QED) is 0.327. The molecule has 0 radical (unpaired) electrons. The number of ether oxygens (including phenoxy) is 2. The zero-order valence-electron chi connectivity index (χ0n) is 18.9. The van der Waals surface area contributed by atoms with E-state index in [9.17, 15) is 18.3 Å². The fourth-order valence-electron chi connectivity index (χ4n) is 5.29. The minimum Gasteiger partial charge on any atom is -0.472 e. The molecule has 1 aliphatic carbocycles. The van der Waals surface area contributed by atoms with E-state index in [4.69, 9.17) is 21.1 Å². The molecule has 9 heteroatoms. The first kappa shape index (κ1) is 23.3. The molecule has 3 heterocycles. The Morgan fingerprint density at radius 2 is 1.69 bits per heavy atom. The van der Waals surface area contributed by atoms with Gasteiger partial charge in [-0.25, -0.2) is 4.98 Å². The monoisotopic (exact) mass is 514 g/mol. The molecule has 2 aliphatic rings. The van der Waals surface area contributed by atoms with Crippen LogP contribution in [0, 0.1) is 5.92 Å². The standard InChI is InChI=1S/C27H22ClF3N2O3/c28-18-12-19-24(33-23(18)16-8-6-15(7-9-16)14-4-2-1-3-5-14)22(27(29,30)31)26(32-19)36-21-11-10-17-20(34)13-35-25(17)21/h1-9,12,17,20-21,25,32,34H,10-11,13H2/t17?,20-,21-,25+/m1/s1. The number of fused-ring (bicyclic) bond motifs is 2. The van der Waals surface area contributed by atoms with Crippen molar-refractivity contribution >= 4 is 22.6 Å². The van der Waals surface area contributed by atoms with Crippen LogP contribution in [0.1, 0.15) is 18.4 Å². The van der Waals surface area contributed by atoms with E-state index in [0.717, 1.165) is 11.1 Å². The molecule has 4 aromatic rings. The summed E-state index contributed by atoms with van der Waals surface area (Å²) >= 11 is 6.48. The number of aromatic amines is 1. The molecule has 0 amide bonds. The second-order valence-electron chi connectivity index (χ2n) is 9.25. The van der Waals surface area contributed by atoms with Gasteiger partial charge in [-0.15, -0.1) is 0 Å². The number of aromatic nitrogens is 2. The van der Waals surface area contributed by atoms with Crippen LogP contribution >= 0.6 is 11.6 Å². The molecule has 1 saturated heterocycles. The Hall–Kier alpha value is -3.07. The Morgan fingerprint density at radius 1 is 1.00 bits per heavy atom. The molecule has 2 N–H and O–H groups in total. The second-order valence-corrected chi connectivity index (χ2v) is 9.66. The highest BCUT2D eigenvalue weighted by atomic mass is 35.5. The third kappa shape index (κ3) is 4.03. The van der Waals surface area contributed by atoms with Gasteiger partial charge in [0.25, 0.3) is 0 Å². The number of pyridine rings is 1. The van der Waals surface area contributed by atoms with Gasteiger partial charge < -0.3 is 19.6 Å². The highest BCUT2D eigenvalue weighted by molar-refractivity contribution is 6.33. The smallest absolute Gasteiger partial charge is 0.423 e. The topological polar surface area (TPSA) is 67.4 Å². The summed E-state index contributed by atoms with van der Waals surface area (Å²) in [5.74, 6) is -0.542. The lowest BCUT2D eigenvalue weighted by Gasteiger charge is -2.20. The number of alkyl halides is 3. The first-order valence-electron chi connectivity index (χ1n) is 11.7. The number of hydrogen-bond acceptors (Lipinski definition) is 4. The van der Waals surface area contributed by atoms with Crippen molar-refractivity contribution in [1.82, 2.24) is 9.97 Å². The molecule has 1 unspecified atom stereocenters. The maximum absolute atomic E-state index is 14.2. The van der Waals surface area contributed by atoms with Gasteiger partial charge in [0.1, 0.15) is 17.2 Å². The molecule has 1 saturated carbocycles. The lowest BCUT2D eigenvalue weighted by Crippen LogP contribution is -2.30. The van der Waals surface area contributed by atoms with Crippen molar-refractivity contribution in [2.75, 3.05) is 6.61 Å². The number of aliphatic hydroxyl groups is 1. The lowest BCUT2D eigenvalue weighted by molar-refractivity contribution is -0.138. The van der Waals surface area contributed by atoms with Gasteiger partial charge in [0.2, 0.25) is 5.88 Å². The largest absolute Gasteiger partial charge is 0.472 e. The van der Waals surface area contributed by atoms with E-state index >= 15 is 0 Å². The maximum atomic E-state index is 14.2. The predicted octanol–water partition coefficient (Wildman–Crippen LogP) is 6.49. The van der Waals surface area contributed by atoms with Crippen molar-refractivity contribution < 1.29 is 27.8 Å². The van der Waals surface area contributed by atoms with E-state index < -0.39 is 35.9 Å². The van der Waals surface area contributed by atoms with E-state index in [0.29, 0.717) is 18.4 Å². The molecular weight excluding hydrogens is 493 g/mol. The summed E-state index contributed by atoms with van der Waals surface area (Å²) in [7, 11) is 0. The average Bonchev–Trinajstić information content (AvgIpc) is 3.54. The third-order valence-corrected chi connectivity index (χ3v) is 7.32. The molecule has 0 bridgehead atoms. The molecule has 6 rings (SSSR count). The zero-order chi connectivity index (χ0) is 25.0. The Bertz CT molecular complexity index is 1410. The molecule has 186 valence electrons. The third-order valence-electron chi connectivity index (χ3n) is 7.03. The van der Waals surface area contributed by atoms with Gasteiger partial charge in [0.15, 0.2) is 0 Å². The Kier molecular flexibility index (Phi) is 5.70. The number of aliphatic hydroxyl groups excluding tert-OH is 1. The number of H-pyrrole nitrogens is 1. The van der Waals surface area contributed by atoms with Gasteiger partial charge in [-0.2, -0.15) is 13.2 Å². The van der Waals surface area contributed by atoms with Crippen LogP contribution in [-0.2, 0) is 10.9 Å². The summed E-state index contributed by atoms with van der Waals surface area (Å²) in [5, 5.41) is 10.3. The molecule has 2 fully saturated rings. The number of benzene rings is 2. The SMILES string of the molecule is O[C@@H]1CO[C@H]2C1CC[C@H]2Oc1[nH]c2cc(Cl)c(-c3ccc(-c4ccccc4)cc3)nc2c1C(F)(F)F. The minimum atomic E-state index is -4.71. The minimum absolute atomic E-state index is 0.133. The lowest BCUT2D eigenvalue weighted by atomic mass is 10.0. The molecule has 2 aromatic carbocycles. The van der Waals surface area contributed by atoms with E-state index in [2.05, 4.69) is 9.97 Å². The first-order valence-corrected chi connectivity index (χ1v) is 12.1. The van der Waals surface area contributed by atoms with Crippen LogP contribution in [0.25, 0.3) is 33.4 Å². The highest BCUT2D eigenvalue weighted by Gasteiger charge is 2.48. The summed E-state index contributed by atoms with van der Waals surface area (Å²) < 4.78 is 54.2. The van der Waals surface area contributed by atoms with Crippen LogP contribution in [0.2, 0.25) is 5.02 Å². The Labute approximate surface area is 209 Å². The fourth-order valence-corrected chi connectivity index (χ4v) is 5.55. The molecule has 36 heavy (non-hydrogen) atoms. The number of rotatable bonds is 4. The van der Waals surface area contributed by atoms with Crippen LogP contribution in [0.15, 0.2) is 60.7 Å². The van der Waals surface area contributed by atoms with Crippen molar-refractivity contribution in [2.24, 2.45) is 5.92 Å². The van der Waals surface area contributed by atoms with Crippen LogP contribution in [0.5, 0.6) is 5.88 Å². The summed E-state index contributed by atoms with van der Waals surface area (Å²) in [6.45, 7) is 0.164. The van der Waals surface area contributed by atoms with E-state index in [1.165, 1.54) is 6.07 Å². The van der Waals surface area contributed by atoms with Gasteiger partial charge in [-0.3, -0.25) is 0 Å². The predicted molar refractivity (Wildman–Crippen MR) is 130 cm³/mol. The van der Waals surface area contributed by atoms with Crippen LogP contribution < -0.4 is 4.74 Å². The summed E-state index contributed by atoms with van der Waals surface area (Å²) in [4.78, 5) is 7.08. The summed E-state index contributed by atoms with van der Waals surface area (Å²) in [5.41, 5.74) is 1.75. The molecule has 0 spiro atoms. The molecule has 5 nitrogen and oxygen atoms in total.